The zero-order valence-electron chi connectivity index (χ0n) is 15.5. The summed E-state index contributed by atoms with van der Waals surface area (Å²) >= 11 is 0. The quantitative estimate of drug-likeness (QED) is 0.143. The van der Waals surface area contributed by atoms with E-state index < -0.39 is 85.7 Å². The first-order valence-electron chi connectivity index (χ1n) is 8.32. The van der Waals surface area contributed by atoms with Crippen LogP contribution in [0.3, 0.4) is 0 Å². The van der Waals surface area contributed by atoms with Crippen LogP contribution in [0.5, 0.6) is 0 Å². The Hall–Kier alpha value is -3.26. The predicted molar refractivity (Wildman–Crippen MR) is 93.3 cm³/mol. The lowest BCUT2D eigenvalue weighted by Gasteiger charge is -2.23. The van der Waals surface area contributed by atoms with Gasteiger partial charge in [-0.2, -0.15) is 0 Å². The van der Waals surface area contributed by atoms with Gasteiger partial charge in [0, 0.05) is 6.42 Å². The van der Waals surface area contributed by atoms with Crippen LogP contribution in [-0.4, -0.2) is 86.8 Å². The molecule has 9 N–H and O–H groups in total. The van der Waals surface area contributed by atoms with Crippen molar-refractivity contribution >= 4 is 35.6 Å². The third-order valence-electron chi connectivity index (χ3n) is 3.53. The minimum absolute atomic E-state index is 0.423. The van der Waals surface area contributed by atoms with E-state index in [-0.39, 0.29) is 0 Å². The molecule has 4 unspecified atom stereocenters. The van der Waals surface area contributed by atoms with Gasteiger partial charge < -0.3 is 42.1 Å². The van der Waals surface area contributed by atoms with Crippen LogP contribution in [0, 0.1) is 0 Å². The molecule has 14 heteroatoms. The van der Waals surface area contributed by atoms with E-state index in [4.69, 9.17) is 21.1 Å². The first-order chi connectivity index (χ1) is 13.3. The maximum absolute atomic E-state index is 12.4. The molecular formula is C15H24N4O10. The van der Waals surface area contributed by atoms with Crippen molar-refractivity contribution in [3.8, 4) is 0 Å². The van der Waals surface area contributed by atoms with Crippen molar-refractivity contribution in [1.82, 2.24) is 16.0 Å². The Bertz CT molecular complexity index is 651. The Morgan fingerprint density at radius 2 is 1.38 bits per heavy atom. The highest BCUT2D eigenvalue weighted by Crippen LogP contribution is 2.02. The molecule has 0 saturated heterocycles. The number of amides is 3. The van der Waals surface area contributed by atoms with E-state index in [0.29, 0.717) is 0 Å². The van der Waals surface area contributed by atoms with Crippen molar-refractivity contribution in [2.45, 2.75) is 50.4 Å². The Morgan fingerprint density at radius 1 is 0.828 bits per heavy atom. The molecule has 0 spiro atoms. The second-order valence-corrected chi connectivity index (χ2v) is 6.03. The largest absolute Gasteiger partial charge is 0.481 e. The molecule has 29 heavy (non-hydrogen) atoms. The normalized spacial score (nSPS) is 14.6. The molecule has 0 aromatic heterocycles. The Kier molecular flexibility index (Phi) is 10.9. The lowest BCUT2D eigenvalue weighted by molar-refractivity contribution is -0.142. The molecule has 3 amide bonds. The first-order valence-corrected chi connectivity index (χ1v) is 8.32. The number of carbonyl (C=O) groups is 6. The number of nitrogens with one attached hydrogen (secondary N) is 3. The van der Waals surface area contributed by atoms with Crippen LogP contribution < -0.4 is 21.7 Å². The number of carboxylic acid groups (broad SMARTS) is 3. The number of rotatable bonds is 13. The molecular weight excluding hydrogens is 396 g/mol. The molecule has 0 bridgehead atoms. The fourth-order valence-corrected chi connectivity index (χ4v) is 1.97. The van der Waals surface area contributed by atoms with Gasteiger partial charge in [0.25, 0.3) is 0 Å². The zero-order valence-corrected chi connectivity index (χ0v) is 15.5. The van der Waals surface area contributed by atoms with Gasteiger partial charge in [0.05, 0.1) is 12.5 Å². The standard InChI is InChI=1S/C15H24N4O10/c1-6(20)12(16)15(29)19-8(4-10(23)24)14(28)18-7(2-3-9(21)22)13(27)17-5-11(25)26/h6-8,12,20H,2-5,16H2,1H3,(H,17,27)(H,18,28)(H,19,29)(H,21,22)(H,23,24)(H,25,26). The molecule has 0 radical (unpaired) electrons. The van der Waals surface area contributed by atoms with Crippen molar-refractivity contribution in [2.75, 3.05) is 6.54 Å². The van der Waals surface area contributed by atoms with E-state index in [1.807, 2.05) is 10.6 Å². The molecule has 0 aromatic carbocycles. The van der Waals surface area contributed by atoms with Crippen LogP contribution in [0.1, 0.15) is 26.2 Å². The highest BCUT2D eigenvalue weighted by Gasteiger charge is 2.31. The number of carbonyl (C=O) groups excluding carboxylic acids is 3. The Labute approximate surface area is 164 Å². The van der Waals surface area contributed by atoms with Gasteiger partial charge >= 0.3 is 17.9 Å². The number of aliphatic hydroxyl groups is 1. The second kappa shape index (κ2) is 12.2. The number of aliphatic carboxylic acids is 3. The van der Waals surface area contributed by atoms with Crippen molar-refractivity contribution in [3.05, 3.63) is 0 Å². The molecule has 164 valence electrons. The molecule has 0 aromatic rings. The smallest absolute Gasteiger partial charge is 0.322 e. The maximum atomic E-state index is 12.4. The summed E-state index contributed by atoms with van der Waals surface area (Å²) in [5, 5.41) is 41.6. The van der Waals surface area contributed by atoms with Crippen LogP contribution in [0.15, 0.2) is 0 Å². The molecule has 14 nitrogen and oxygen atoms in total. The second-order valence-electron chi connectivity index (χ2n) is 6.03. The summed E-state index contributed by atoms with van der Waals surface area (Å²) in [6, 6.07) is -4.65. The summed E-state index contributed by atoms with van der Waals surface area (Å²) in [6.45, 7) is 0.405. The van der Waals surface area contributed by atoms with Crippen LogP contribution in [0.25, 0.3) is 0 Å². The summed E-state index contributed by atoms with van der Waals surface area (Å²) < 4.78 is 0. The maximum Gasteiger partial charge on any atom is 0.322 e. The predicted octanol–water partition coefficient (Wildman–Crippen LogP) is -3.80. The number of carboxylic acids is 3. The number of hydrogen-bond acceptors (Lipinski definition) is 8. The van der Waals surface area contributed by atoms with Crippen molar-refractivity contribution < 1.29 is 49.2 Å². The van der Waals surface area contributed by atoms with Gasteiger partial charge in [-0.25, -0.2) is 0 Å². The molecule has 0 rings (SSSR count). The van der Waals surface area contributed by atoms with Gasteiger partial charge in [0.2, 0.25) is 17.7 Å². The van der Waals surface area contributed by atoms with E-state index in [0.717, 1.165) is 0 Å². The highest BCUT2D eigenvalue weighted by atomic mass is 16.4. The fourth-order valence-electron chi connectivity index (χ4n) is 1.97. The lowest BCUT2D eigenvalue weighted by Crippen LogP contribution is -2.57. The van der Waals surface area contributed by atoms with Gasteiger partial charge in [-0.1, -0.05) is 0 Å². The summed E-state index contributed by atoms with van der Waals surface area (Å²) in [5.74, 6) is -7.34. The van der Waals surface area contributed by atoms with Crippen LogP contribution in [0.4, 0.5) is 0 Å². The van der Waals surface area contributed by atoms with Crippen LogP contribution in [-0.2, 0) is 28.8 Å². The van der Waals surface area contributed by atoms with E-state index in [1.165, 1.54) is 6.92 Å². The van der Waals surface area contributed by atoms with E-state index in [1.54, 1.807) is 0 Å². The van der Waals surface area contributed by atoms with E-state index in [9.17, 15) is 33.9 Å². The number of aliphatic hydroxyl groups excluding tert-OH is 1. The molecule has 4 atom stereocenters. The number of nitrogens with two attached hydrogens (primary N) is 1. The lowest BCUT2D eigenvalue weighted by atomic mass is 10.1. The Morgan fingerprint density at radius 3 is 1.83 bits per heavy atom. The minimum Gasteiger partial charge on any atom is -0.481 e. The van der Waals surface area contributed by atoms with Gasteiger partial charge in [-0.3, -0.25) is 28.8 Å². The average molecular weight is 420 g/mol. The van der Waals surface area contributed by atoms with Crippen LogP contribution >= 0.6 is 0 Å². The van der Waals surface area contributed by atoms with Gasteiger partial charge in [0.15, 0.2) is 0 Å². The Balaban J connectivity index is 5.32. The molecule has 0 aliphatic heterocycles. The monoisotopic (exact) mass is 420 g/mol. The summed E-state index contributed by atoms with van der Waals surface area (Å²) in [4.78, 5) is 68.5. The highest BCUT2D eigenvalue weighted by molar-refractivity contribution is 5.95. The first kappa shape index (κ1) is 25.7. The molecule has 0 aliphatic rings. The molecule has 0 fully saturated rings. The van der Waals surface area contributed by atoms with Gasteiger partial charge in [0.1, 0.15) is 24.7 Å². The summed E-state index contributed by atoms with van der Waals surface area (Å²) in [6.07, 6.45) is -3.18. The van der Waals surface area contributed by atoms with Gasteiger partial charge in [-0.05, 0) is 13.3 Å². The van der Waals surface area contributed by atoms with E-state index >= 15 is 0 Å². The zero-order chi connectivity index (χ0) is 22.7. The van der Waals surface area contributed by atoms with Crippen LogP contribution in [0.2, 0.25) is 0 Å². The van der Waals surface area contributed by atoms with Crippen molar-refractivity contribution in [1.29, 1.82) is 0 Å². The average Bonchev–Trinajstić information content (AvgIpc) is 2.60. The van der Waals surface area contributed by atoms with Gasteiger partial charge in [-0.15, -0.1) is 0 Å². The summed E-state index contributed by atoms with van der Waals surface area (Å²) in [7, 11) is 0. The SMILES string of the molecule is CC(O)C(N)C(=O)NC(CC(=O)O)C(=O)NC(CCC(=O)O)C(=O)NCC(=O)O. The molecule has 0 saturated carbocycles. The fraction of sp³-hybridized carbons (Fsp3) is 0.600. The third kappa shape index (κ3) is 10.6. The summed E-state index contributed by atoms with van der Waals surface area (Å²) in [5.41, 5.74) is 5.41. The number of hydrogen-bond donors (Lipinski definition) is 8. The molecule has 0 heterocycles. The van der Waals surface area contributed by atoms with Crippen molar-refractivity contribution in [2.24, 2.45) is 5.73 Å². The van der Waals surface area contributed by atoms with Crippen molar-refractivity contribution in [3.63, 3.8) is 0 Å². The molecule has 0 aliphatic carbocycles. The third-order valence-corrected chi connectivity index (χ3v) is 3.53. The van der Waals surface area contributed by atoms with E-state index in [2.05, 4.69) is 5.32 Å². The topological polar surface area (TPSA) is 245 Å². The minimum atomic E-state index is -1.69.